The molecule has 2 N–H and O–H groups in total. The molecule has 0 bridgehead atoms. The van der Waals surface area contributed by atoms with E-state index >= 15 is 0 Å². The van der Waals surface area contributed by atoms with Crippen LogP contribution in [0.15, 0.2) is 60.8 Å². The van der Waals surface area contributed by atoms with E-state index in [0.29, 0.717) is 17.7 Å². The minimum absolute atomic E-state index is 0.246. The van der Waals surface area contributed by atoms with E-state index in [9.17, 15) is 19.8 Å². The van der Waals surface area contributed by atoms with Crippen LogP contribution in [0.1, 0.15) is 30.4 Å². The normalized spacial score (nSPS) is 12.1. The van der Waals surface area contributed by atoms with Gasteiger partial charge in [0.25, 0.3) is 0 Å². The second-order valence-corrected chi connectivity index (χ2v) is 6.53. The van der Waals surface area contributed by atoms with E-state index in [1.54, 1.807) is 37.4 Å². The minimum Gasteiger partial charge on any atom is -0.489 e. The standard InChI is InChI=1S/C22H21NO5/c1-2-16(20(21(24)25)22(26)27)17-8-4-6-10-19(17)28-13-14-11-15-7-3-5-9-18(15)23-12-14/h3-12,16,20H,2,13H2,1H3,(H,24,25)(H,26,27). The summed E-state index contributed by atoms with van der Waals surface area (Å²) < 4.78 is 5.94. The highest BCUT2D eigenvalue weighted by molar-refractivity contribution is 5.94. The van der Waals surface area contributed by atoms with E-state index in [1.165, 1.54) is 0 Å². The van der Waals surface area contributed by atoms with Gasteiger partial charge in [0.1, 0.15) is 12.4 Å². The predicted molar refractivity (Wildman–Crippen MR) is 104 cm³/mol. The average Bonchev–Trinajstić information content (AvgIpc) is 2.70. The van der Waals surface area contributed by atoms with Crippen LogP contribution < -0.4 is 4.74 Å². The molecule has 6 nitrogen and oxygen atoms in total. The molecular formula is C22H21NO5. The number of pyridine rings is 1. The molecular weight excluding hydrogens is 358 g/mol. The van der Waals surface area contributed by atoms with Crippen molar-refractivity contribution in [2.45, 2.75) is 25.9 Å². The molecule has 0 spiro atoms. The van der Waals surface area contributed by atoms with Crippen molar-refractivity contribution < 1.29 is 24.5 Å². The number of ether oxygens (including phenoxy) is 1. The Kier molecular flexibility index (Phi) is 5.89. The van der Waals surface area contributed by atoms with Crippen molar-refractivity contribution in [3.8, 4) is 5.75 Å². The molecule has 3 aromatic rings. The maximum atomic E-state index is 11.5. The van der Waals surface area contributed by atoms with Crippen molar-refractivity contribution >= 4 is 22.8 Å². The van der Waals surface area contributed by atoms with E-state index < -0.39 is 23.8 Å². The molecule has 1 atom stereocenters. The lowest BCUT2D eigenvalue weighted by Gasteiger charge is -2.22. The number of benzene rings is 2. The van der Waals surface area contributed by atoms with Crippen molar-refractivity contribution in [3.05, 3.63) is 71.9 Å². The third-order valence-electron chi connectivity index (χ3n) is 4.73. The number of rotatable bonds is 8. The Morgan fingerprint density at radius 2 is 1.71 bits per heavy atom. The molecule has 3 rings (SSSR count). The van der Waals surface area contributed by atoms with Gasteiger partial charge in [-0.15, -0.1) is 0 Å². The zero-order valence-corrected chi connectivity index (χ0v) is 15.4. The summed E-state index contributed by atoms with van der Waals surface area (Å²) in [4.78, 5) is 27.4. The summed E-state index contributed by atoms with van der Waals surface area (Å²) in [5.74, 6) is -4.45. The van der Waals surface area contributed by atoms with E-state index in [1.807, 2.05) is 30.3 Å². The number of carboxylic acid groups (broad SMARTS) is 2. The smallest absolute Gasteiger partial charge is 0.318 e. The van der Waals surface area contributed by atoms with Crippen molar-refractivity contribution in [3.63, 3.8) is 0 Å². The van der Waals surface area contributed by atoms with Crippen LogP contribution >= 0.6 is 0 Å². The second-order valence-electron chi connectivity index (χ2n) is 6.53. The van der Waals surface area contributed by atoms with E-state index in [0.717, 1.165) is 16.5 Å². The van der Waals surface area contributed by atoms with Crippen LogP contribution in [0, 0.1) is 5.92 Å². The first-order valence-electron chi connectivity index (χ1n) is 9.02. The second kappa shape index (κ2) is 8.52. The summed E-state index contributed by atoms with van der Waals surface area (Å²) in [6, 6.07) is 16.7. The predicted octanol–water partition coefficient (Wildman–Crippen LogP) is 4.09. The molecule has 1 heterocycles. The van der Waals surface area contributed by atoms with Gasteiger partial charge in [0.2, 0.25) is 0 Å². The molecule has 0 aliphatic carbocycles. The Morgan fingerprint density at radius 1 is 1.04 bits per heavy atom. The maximum Gasteiger partial charge on any atom is 0.318 e. The molecule has 2 aromatic carbocycles. The van der Waals surface area contributed by atoms with Crippen LogP contribution in [0.2, 0.25) is 0 Å². The van der Waals surface area contributed by atoms with Gasteiger partial charge in [0.05, 0.1) is 5.52 Å². The highest BCUT2D eigenvalue weighted by Crippen LogP contribution is 2.35. The summed E-state index contributed by atoms with van der Waals surface area (Å²) in [7, 11) is 0. The zero-order valence-electron chi connectivity index (χ0n) is 15.4. The van der Waals surface area contributed by atoms with Gasteiger partial charge in [-0.2, -0.15) is 0 Å². The van der Waals surface area contributed by atoms with Crippen LogP contribution in [0.25, 0.3) is 10.9 Å². The molecule has 6 heteroatoms. The monoisotopic (exact) mass is 379 g/mol. The number of aromatic nitrogens is 1. The van der Waals surface area contributed by atoms with Crippen molar-refractivity contribution in [1.29, 1.82) is 0 Å². The fourth-order valence-electron chi connectivity index (χ4n) is 3.36. The fraction of sp³-hybridized carbons (Fsp3) is 0.227. The molecule has 144 valence electrons. The Bertz CT molecular complexity index is 987. The van der Waals surface area contributed by atoms with Crippen LogP contribution in [0.5, 0.6) is 5.75 Å². The van der Waals surface area contributed by atoms with Crippen LogP contribution in [0.4, 0.5) is 0 Å². The fourth-order valence-corrected chi connectivity index (χ4v) is 3.36. The van der Waals surface area contributed by atoms with Crippen molar-refractivity contribution in [1.82, 2.24) is 4.98 Å². The number of fused-ring (bicyclic) bond motifs is 1. The van der Waals surface area contributed by atoms with Gasteiger partial charge in [-0.3, -0.25) is 14.6 Å². The molecule has 0 radical (unpaired) electrons. The van der Waals surface area contributed by atoms with Gasteiger partial charge >= 0.3 is 11.9 Å². The van der Waals surface area contributed by atoms with E-state index in [-0.39, 0.29) is 6.61 Å². The summed E-state index contributed by atoms with van der Waals surface area (Å²) in [5.41, 5.74) is 2.34. The molecule has 0 aliphatic rings. The first kappa shape index (κ1) is 19.4. The molecule has 1 unspecified atom stereocenters. The molecule has 0 aliphatic heterocycles. The van der Waals surface area contributed by atoms with Crippen molar-refractivity contribution in [2.24, 2.45) is 5.92 Å². The number of carboxylic acids is 2. The lowest BCUT2D eigenvalue weighted by atomic mass is 9.83. The maximum absolute atomic E-state index is 11.5. The van der Waals surface area contributed by atoms with Crippen LogP contribution in [-0.2, 0) is 16.2 Å². The van der Waals surface area contributed by atoms with Gasteiger partial charge in [0, 0.05) is 23.1 Å². The Balaban J connectivity index is 1.86. The molecule has 0 saturated carbocycles. The molecule has 0 saturated heterocycles. The highest BCUT2D eigenvalue weighted by atomic mass is 16.5. The number of nitrogens with zero attached hydrogens (tertiary/aromatic N) is 1. The Hall–Kier alpha value is -3.41. The largest absolute Gasteiger partial charge is 0.489 e. The first-order chi connectivity index (χ1) is 13.5. The first-order valence-corrected chi connectivity index (χ1v) is 9.02. The number of para-hydroxylation sites is 2. The average molecular weight is 379 g/mol. The SMILES string of the molecule is CCC(c1ccccc1OCc1cnc2ccccc2c1)C(C(=O)O)C(=O)O. The zero-order chi connectivity index (χ0) is 20.1. The van der Waals surface area contributed by atoms with Gasteiger partial charge < -0.3 is 14.9 Å². The van der Waals surface area contributed by atoms with Crippen LogP contribution in [0.3, 0.4) is 0 Å². The van der Waals surface area contributed by atoms with Gasteiger partial charge in [0.15, 0.2) is 5.92 Å². The number of carbonyl (C=O) groups is 2. The van der Waals surface area contributed by atoms with Crippen molar-refractivity contribution in [2.75, 3.05) is 0 Å². The third kappa shape index (κ3) is 4.11. The molecule has 1 aromatic heterocycles. The summed E-state index contributed by atoms with van der Waals surface area (Å²) in [6.45, 7) is 2.02. The molecule has 28 heavy (non-hydrogen) atoms. The minimum atomic E-state index is -1.53. The summed E-state index contributed by atoms with van der Waals surface area (Å²) in [5, 5.41) is 19.8. The Labute approximate surface area is 162 Å². The number of aliphatic carboxylic acids is 2. The Morgan fingerprint density at radius 3 is 2.43 bits per heavy atom. The van der Waals surface area contributed by atoms with Gasteiger partial charge in [-0.05, 0) is 30.2 Å². The lowest BCUT2D eigenvalue weighted by Crippen LogP contribution is -2.30. The van der Waals surface area contributed by atoms with E-state index in [2.05, 4.69) is 4.98 Å². The number of hydrogen-bond acceptors (Lipinski definition) is 4. The summed E-state index contributed by atoms with van der Waals surface area (Å²) in [6.07, 6.45) is 2.10. The quantitative estimate of drug-likeness (QED) is 0.572. The third-order valence-corrected chi connectivity index (χ3v) is 4.73. The van der Waals surface area contributed by atoms with Gasteiger partial charge in [-0.1, -0.05) is 43.3 Å². The molecule has 0 fully saturated rings. The highest BCUT2D eigenvalue weighted by Gasteiger charge is 2.36. The lowest BCUT2D eigenvalue weighted by molar-refractivity contribution is -0.155. The number of hydrogen-bond donors (Lipinski definition) is 2. The summed E-state index contributed by atoms with van der Waals surface area (Å²) >= 11 is 0. The van der Waals surface area contributed by atoms with Crippen LogP contribution in [-0.4, -0.2) is 27.1 Å². The topological polar surface area (TPSA) is 96.7 Å². The molecule has 0 amide bonds. The van der Waals surface area contributed by atoms with Gasteiger partial charge in [-0.25, -0.2) is 0 Å². The van der Waals surface area contributed by atoms with E-state index in [4.69, 9.17) is 4.74 Å².